The smallest absolute Gasteiger partial charge is 0.254 e. The molecule has 20 heavy (non-hydrogen) atoms. The number of nitrogens with two attached hydrogens (primary N) is 1. The third-order valence-electron chi connectivity index (χ3n) is 2.82. The number of morpholine rings is 1. The van der Waals surface area contributed by atoms with Crippen LogP contribution in [0.5, 0.6) is 5.88 Å². The third kappa shape index (κ3) is 3.22. The number of nitrogens with zero attached hydrogens (tertiary/aromatic N) is 1. The van der Waals surface area contributed by atoms with Gasteiger partial charge in [0.1, 0.15) is 11.6 Å². The first-order chi connectivity index (χ1) is 9.61. The summed E-state index contributed by atoms with van der Waals surface area (Å²) in [5, 5.41) is 5.68. The fourth-order valence-electron chi connectivity index (χ4n) is 1.82. The van der Waals surface area contributed by atoms with E-state index in [1.165, 1.54) is 19.4 Å². The lowest BCUT2D eigenvalue weighted by atomic mass is 10.2. The summed E-state index contributed by atoms with van der Waals surface area (Å²) in [7, 11) is 1.39. The van der Waals surface area contributed by atoms with E-state index < -0.39 is 11.9 Å². The Bertz CT molecular complexity index is 514. The van der Waals surface area contributed by atoms with Crippen molar-refractivity contribution in [2.24, 2.45) is 5.73 Å². The van der Waals surface area contributed by atoms with Crippen molar-refractivity contribution < 1.29 is 19.1 Å². The maximum absolute atomic E-state index is 12.0. The maximum atomic E-state index is 12.0. The highest BCUT2D eigenvalue weighted by atomic mass is 16.5. The molecular weight excluding hydrogens is 264 g/mol. The Balaban J connectivity index is 2.10. The van der Waals surface area contributed by atoms with Crippen LogP contribution in [0.2, 0.25) is 0 Å². The minimum absolute atomic E-state index is 0.109. The summed E-state index contributed by atoms with van der Waals surface area (Å²) in [6.45, 7) is 1.50. The fourth-order valence-corrected chi connectivity index (χ4v) is 1.82. The Kier molecular flexibility index (Phi) is 4.49. The van der Waals surface area contributed by atoms with Crippen molar-refractivity contribution in [2.75, 3.05) is 32.2 Å². The van der Waals surface area contributed by atoms with Gasteiger partial charge in [-0.1, -0.05) is 0 Å². The van der Waals surface area contributed by atoms with Gasteiger partial charge in [-0.25, -0.2) is 4.98 Å². The van der Waals surface area contributed by atoms with Crippen LogP contribution < -0.4 is 21.1 Å². The summed E-state index contributed by atoms with van der Waals surface area (Å²) >= 11 is 0. The van der Waals surface area contributed by atoms with Crippen LogP contribution in [-0.2, 0) is 9.53 Å². The van der Waals surface area contributed by atoms with E-state index in [1.807, 2.05) is 0 Å². The lowest BCUT2D eigenvalue weighted by Crippen LogP contribution is -2.48. The largest absolute Gasteiger partial charge is 0.480 e. The number of methoxy groups -OCH3 is 1. The SMILES string of the molecule is COc1ncc(NC(=O)C2COCCN2)cc1C(N)=O. The molecule has 0 aliphatic carbocycles. The maximum Gasteiger partial charge on any atom is 0.254 e. The third-order valence-corrected chi connectivity index (χ3v) is 2.82. The lowest BCUT2D eigenvalue weighted by molar-refractivity contribution is -0.120. The van der Waals surface area contributed by atoms with E-state index >= 15 is 0 Å². The molecule has 1 aliphatic rings. The van der Waals surface area contributed by atoms with Gasteiger partial charge in [0.15, 0.2) is 0 Å². The van der Waals surface area contributed by atoms with Crippen LogP contribution in [0.4, 0.5) is 5.69 Å². The van der Waals surface area contributed by atoms with Crippen molar-refractivity contribution >= 4 is 17.5 Å². The molecule has 0 aromatic carbocycles. The zero-order chi connectivity index (χ0) is 14.5. The summed E-state index contributed by atoms with van der Waals surface area (Å²) in [4.78, 5) is 27.2. The van der Waals surface area contributed by atoms with Gasteiger partial charge in [-0.2, -0.15) is 0 Å². The number of ether oxygens (including phenoxy) is 2. The Morgan fingerprint density at radius 3 is 3.00 bits per heavy atom. The lowest BCUT2D eigenvalue weighted by Gasteiger charge is -2.22. The summed E-state index contributed by atoms with van der Waals surface area (Å²) in [6, 6.07) is 0.998. The van der Waals surface area contributed by atoms with Crippen molar-refractivity contribution in [3.05, 3.63) is 17.8 Å². The van der Waals surface area contributed by atoms with Crippen molar-refractivity contribution in [1.29, 1.82) is 0 Å². The van der Waals surface area contributed by atoms with Crippen LogP contribution in [0.3, 0.4) is 0 Å². The molecule has 1 aromatic heterocycles. The number of primary amides is 1. The van der Waals surface area contributed by atoms with Gasteiger partial charge in [0.05, 0.1) is 32.2 Å². The number of carbonyl (C=O) groups excluding carboxylic acids is 2. The van der Waals surface area contributed by atoms with Gasteiger partial charge >= 0.3 is 0 Å². The normalized spacial score (nSPS) is 18.4. The number of rotatable bonds is 4. The molecule has 8 nitrogen and oxygen atoms in total. The summed E-state index contributed by atoms with van der Waals surface area (Å²) < 4.78 is 10.1. The highest BCUT2D eigenvalue weighted by Gasteiger charge is 2.22. The number of anilines is 1. The van der Waals surface area contributed by atoms with Gasteiger partial charge in [-0.3, -0.25) is 9.59 Å². The van der Waals surface area contributed by atoms with Gasteiger partial charge in [0.25, 0.3) is 5.91 Å². The molecule has 0 radical (unpaired) electrons. The minimum atomic E-state index is -0.676. The van der Waals surface area contributed by atoms with E-state index in [1.54, 1.807) is 0 Å². The summed E-state index contributed by atoms with van der Waals surface area (Å²) in [6.07, 6.45) is 1.40. The highest BCUT2D eigenvalue weighted by Crippen LogP contribution is 2.18. The number of hydrogen-bond donors (Lipinski definition) is 3. The van der Waals surface area contributed by atoms with E-state index in [0.29, 0.717) is 25.4 Å². The predicted octanol–water partition coefficient (Wildman–Crippen LogP) is -0.884. The Morgan fingerprint density at radius 1 is 1.60 bits per heavy atom. The molecule has 108 valence electrons. The highest BCUT2D eigenvalue weighted by molar-refractivity contribution is 5.99. The van der Waals surface area contributed by atoms with Crippen LogP contribution in [0.15, 0.2) is 12.3 Å². The summed E-state index contributed by atoms with van der Waals surface area (Å²) in [5.41, 5.74) is 5.71. The summed E-state index contributed by atoms with van der Waals surface area (Å²) in [5.74, 6) is -0.814. The molecule has 0 saturated carbocycles. The van der Waals surface area contributed by atoms with Crippen molar-refractivity contribution in [3.8, 4) is 5.88 Å². The van der Waals surface area contributed by atoms with Gasteiger partial charge in [-0.15, -0.1) is 0 Å². The fraction of sp³-hybridized carbons (Fsp3) is 0.417. The van der Waals surface area contributed by atoms with Crippen molar-refractivity contribution in [1.82, 2.24) is 10.3 Å². The number of carbonyl (C=O) groups is 2. The molecule has 1 aromatic rings. The molecule has 1 aliphatic heterocycles. The van der Waals surface area contributed by atoms with Crippen LogP contribution in [0, 0.1) is 0 Å². The second-order valence-electron chi connectivity index (χ2n) is 4.22. The van der Waals surface area contributed by atoms with E-state index in [0.717, 1.165) is 0 Å². The number of hydrogen-bond acceptors (Lipinski definition) is 6. The quantitative estimate of drug-likeness (QED) is 0.659. The van der Waals surface area contributed by atoms with Gasteiger partial charge in [-0.05, 0) is 6.07 Å². The molecule has 1 fully saturated rings. The second kappa shape index (κ2) is 6.31. The van der Waals surface area contributed by atoms with Crippen molar-refractivity contribution in [2.45, 2.75) is 6.04 Å². The Hall–Kier alpha value is -2.19. The first kappa shape index (κ1) is 14.2. The second-order valence-corrected chi connectivity index (χ2v) is 4.22. The first-order valence-electron chi connectivity index (χ1n) is 6.07. The van der Waals surface area contributed by atoms with Gasteiger partial charge in [0.2, 0.25) is 11.8 Å². The molecular formula is C12H16N4O4. The number of aromatic nitrogens is 1. The van der Waals surface area contributed by atoms with Crippen LogP contribution >= 0.6 is 0 Å². The molecule has 4 N–H and O–H groups in total. The number of pyridine rings is 1. The van der Waals surface area contributed by atoms with E-state index in [4.69, 9.17) is 15.2 Å². The first-order valence-corrected chi connectivity index (χ1v) is 6.07. The van der Waals surface area contributed by atoms with Crippen LogP contribution in [0.1, 0.15) is 10.4 Å². The van der Waals surface area contributed by atoms with Crippen LogP contribution in [0.25, 0.3) is 0 Å². The predicted molar refractivity (Wildman–Crippen MR) is 70.5 cm³/mol. The van der Waals surface area contributed by atoms with Gasteiger partial charge in [0, 0.05) is 6.54 Å². The average Bonchev–Trinajstić information content (AvgIpc) is 2.48. The molecule has 0 spiro atoms. The number of amides is 2. The number of nitrogens with one attached hydrogen (secondary N) is 2. The monoisotopic (exact) mass is 280 g/mol. The molecule has 1 atom stereocenters. The topological polar surface area (TPSA) is 116 Å². The van der Waals surface area contributed by atoms with E-state index in [-0.39, 0.29) is 17.4 Å². The van der Waals surface area contributed by atoms with Gasteiger partial charge < -0.3 is 25.8 Å². The van der Waals surface area contributed by atoms with E-state index in [2.05, 4.69) is 15.6 Å². The average molecular weight is 280 g/mol. The Morgan fingerprint density at radius 2 is 2.40 bits per heavy atom. The zero-order valence-electron chi connectivity index (χ0n) is 11.0. The molecule has 8 heteroatoms. The zero-order valence-corrected chi connectivity index (χ0v) is 11.0. The molecule has 2 amide bonds. The molecule has 2 heterocycles. The molecule has 0 bridgehead atoms. The standard InChI is InChI=1S/C12H16N4O4/c1-19-12-8(10(13)17)4-7(5-15-12)16-11(18)9-6-20-3-2-14-9/h4-5,9,14H,2-3,6H2,1H3,(H2,13,17)(H,16,18). The van der Waals surface area contributed by atoms with Crippen LogP contribution in [-0.4, -0.2) is 49.7 Å². The minimum Gasteiger partial charge on any atom is -0.480 e. The molecule has 1 saturated heterocycles. The molecule has 2 rings (SSSR count). The van der Waals surface area contributed by atoms with Crippen molar-refractivity contribution in [3.63, 3.8) is 0 Å². The van der Waals surface area contributed by atoms with E-state index in [9.17, 15) is 9.59 Å². The molecule has 1 unspecified atom stereocenters. The Labute approximate surface area is 115 Å².